The molecule has 72 valence electrons. The number of rotatable bonds is 1. The van der Waals surface area contributed by atoms with Gasteiger partial charge < -0.3 is 4.55 Å². The van der Waals surface area contributed by atoms with Gasteiger partial charge in [0.15, 0.2) is 0 Å². The van der Waals surface area contributed by atoms with Gasteiger partial charge in [0.25, 0.3) is 0 Å². The number of hydrogen-bond acceptors (Lipinski definition) is 3. The monoisotopic (exact) mass is 282 g/mol. The van der Waals surface area contributed by atoms with Crippen molar-refractivity contribution in [3.63, 3.8) is 0 Å². The Hall–Kier alpha value is 1.000. The molecular formula is C6H2Cl3NaO3S. The summed E-state index contributed by atoms with van der Waals surface area (Å²) in [6.07, 6.45) is 0. The predicted octanol–water partition coefficient (Wildman–Crippen LogP) is -0.445. The molecule has 0 aliphatic carbocycles. The van der Waals surface area contributed by atoms with Crippen LogP contribution in [0.3, 0.4) is 0 Å². The standard InChI is InChI=1S/C6H3Cl3O3S.Na/c7-3-1-5(9)6(2-4(3)8)13(10,11)12;/h1-2H,(H,10,11,12);/q;+1/p-1. The fourth-order valence-electron chi connectivity index (χ4n) is 0.696. The van der Waals surface area contributed by atoms with Gasteiger partial charge in [-0.3, -0.25) is 0 Å². The summed E-state index contributed by atoms with van der Waals surface area (Å²) in [5, 5.41) is -0.163. The van der Waals surface area contributed by atoms with Crippen molar-refractivity contribution in [2.24, 2.45) is 0 Å². The molecule has 0 aliphatic heterocycles. The van der Waals surface area contributed by atoms with E-state index in [9.17, 15) is 13.0 Å². The summed E-state index contributed by atoms with van der Waals surface area (Å²) in [6.45, 7) is 0. The van der Waals surface area contributed by atoms with Crippen molar-refractivity contribution in [2.45, 2.75) is 4.90 Å². The summed E-state index contributed by atoms with van der Waals surface area (Å²) in [5.74, 6) is 0. The maximum absolute atomic E-state index is 10.6. The van der Waals surface area contributed by atoms with Crippen molar-refractivity contribution in [2.75, 3.05) is 0 Å². The van der Waals surface area contributed by atoms with Gasteiger partial charge in [0.05, 0.1) is 20.0 Å². The smallest absolute Gasteiger partial charge is 0.744 e. The zero-order valence-corrected chi connectivity index (χ0v) is 12.0. The third-order valence-corrected chi connectivity index (χ3v) is 3.27. The second-order valence-corrected chi connectivity index (χ2v) is 4.72. The number of halogens is 3. The molecule has 0 fully saturated rings. The van der Waals surface area contributed by atoms with E-state index in [1.807, 2.05) is 0 Å². The molecule has 0 radical (unpaired) electrons. The normalized spacial score (nSPS) is 10.9. The van der Waals surface area contributed by atoms with Crippen molar-refractivity contribution < 1.29 is 42.5 Å². The molecule has 1 rings (SSSR count). The summed E-state index contributed by atoms with van der Waals surface area (Å²) < 4.78 is 31.7. The third-order valence-electron chi connectivity index (χ3n) is 1.24. The summed E-state index contributed by atoms with van der Waals surface area (Å²) in [6, 6.07) is 2.03. The minimum Gasteiger partial charge on any atom is -0.744 e. The van der Waals surface area contributed by atoms with E-state index < -0.39 is 15.0 Å². The van der Waals surface area contributed by atoms with Crippen LogP contribution in [-0.4, -0.2) is 13.0 Å². The molecular weight excluding hydrogens is 281 g/mol. The molecule has 1 aromatic carbocycles. The van der Waals surface area contributed by atoms with Gasteiger partial charge in [-0.2, -0.15) is 0 Å². The van der Waals surface area contributed by atoms with Gasteiger partial charge in [-0.1, -0.05) is 34.8 Å². The molecule has 8 heteroatoms. The molecule has 0 aliphatic rings. The minimum absolute atomic E-state index is 0. The summed E-state index contributed by atoms with van der Waals surface area (Å²) in [4.78, 5) is -0.566. The molecule has 1 aromatic rings. The average molecular weight is 283 g/mol. The molecule has 3 nitrogen and oxygen atoms in total. The van der Waals surface area contributed by atoms with Crippen molar-refractivity contribution in [3.05, 3.63) is 27.2 Å². The topological polar surface area (TPSA) is 57.2 Å². The summed E-state index contributed by atoms with van der Waals surface area (Å²) in [7, 11) is -4.60. The Bertz CT molecular complexity index is 446. The SMILES string of the molecule is O=S(=O)([O-])c1cc(Cl)c(Cl)cc1Cl.[Na+]. The molecule has 0 spiro atoms. The van der Waals surface area contributed by atoms with Crippen molar-refractivity contribution >= 4 is 44.9 Å². The van der Waals surface area contributed by atoms with E-state index >= 15 is 0 Å². The van der Waals surface area contributed by atoms with Gasteiger partial charge in [0.1, 0.15) is 10.1 Å². The van der Waals surface area contributed by atoms with Crippen LogP contribution in [0.1, 0.15) is 0 Å². The zero-order valence-electron chi connectivity index (χ0n) is 6.92. The quantitative estimate of drug-likeness (QED) is 0.399. The predicted molar refractivity (Wildman–Crippen MR) is 49.4 cm³/mol. The van der Waals surface area contributed by atoms with Crippen LogP contribution in [0.4, 0.5) is 0 Å². The second kappa shape index (κ2) is 5.37. The Labute approximate surface area is 118 Å². The van der Waals surface area contributed by atoms with Crippen LogP contribution in [-0.2, 0) is 10.1 Å². The zero-order chi connectivity index (χ0) is 10.2. The van der Waals surface area contributed by atoms with Crippen LogP contribution >= 0.6 is 34.8 Å². The van der Waals surface area contributed by atoms with E-state index in [0.29, 0.717) is 0 Å². The minimum atomic E-state index is -4.60. The van der Waals surface area contributed by atoms with Crippen LogP contribution < -0.4 is 29.6 Å². The molecule has 0 amide bonds. The van der Waals surface area contributed by atoms with Crippen molar-refractivity contribution in [1.29, 1.82) is 0 Å². The molecule has 0 unspecified atom stereocenters. The first-order chi connectivity index (χ1) is 5.82. The van der Waals surface area contributed by atoms with Crippen molar-refractivity contribution in [1.82, 2.24) is 0 Å². The number of hydrogen-bond donors (Lipinski definition) is 0. The van der Waals surface area contributed by atoms with Crippen LogP contribution in [0.15, 0.2) is 17.0 Å². The Morgan fingerprint density at radius 2 is 1.43 bits per heavy atom. The molecule has 0 aromatic heterocycles. The summed E-state index contributed by atoms with van der Waals surface area (Å²) >= 11 is 16.5. The molecule has 0 saturated carbocycles. The fourth-order valence-corrected chi connectivity index (χ4v) is 2.15. The van der Waals surface area contributed by atoms with Gasteiger partial charge in [-0.05, 0) is 12.1 Å². The number of benzene rings is 1. The van der Waals surface area contributed by atoms with Gasteiger partial charge in [-0.15, -0.1) is 0 Å². The fraction of sp³-hybridized carbons (Fsp3) is 0. The largest absolute Gasteiger partial charge is 1.00 e. The van der Waals surface area contributed by atoms with Crippen LogP contribution in [0.2, 0.25) is 15.1 Å². The third kappa shape index (κ3) is 3.54. The first-order valence-corrected chi connectivity index (χ1v) is 5.47. The maximum atomic E-state index is 10.6. The first kappa shape index (κ1) is 15.0. The van der Waals surface area contributed by atoms with Gasteiger partial charge in [0.2, 0.25) is 0 Å². The molecule has 0 N–H and O–H groups in total. The van der Waals surface area contributed by atoms with E-state index in [1.165, 1.54) is 0 Å². The van der Waals surface area contributed by atoms with Gasteiger partial charge in [-0.25, -0.2) is 8.42 Å². The first-order valence-electron chi connectivity index (χ1n) is 2.93. The van der Waals surface area contributed by atoms with E-state index in [4.69, 9.17) is 34.8 Å². The van der Waals surface area contributed by atoms with Gasteiger partial charge >= 0.3 is 29.6 Å². The average Bonchev–Trinajstić information content (AvgIpc) is 1.94. The Morgan fingerprint density at radius 1 is 1.00 bits per heavy atom. The van der Waals surface area contributed by atoms with Gasteiger partial charge in [0, 0.05) is 0 Å². The maximum Gasteiger partial charge on any atom is 1.00 e. The van der Waals surface area contributed by atoms with Crippen LogP contribution in [0, 0.1) is 0 Å². The molecule has 0 atom stereocenters. The van der Waals surface area contributed by atoms with Crippen LogP contribution in [0.25, 0.3) is 0 Å². The summed E-state index contributed by atoms with van der Waals surface area (Å²) in [5.41, 5.74) is 0. The molecule has 0 bridgehead atoms. The van der Waals surface area contributed by atoms with E-state index in [1.54, 1.807) is 0 Å². The Kier molecular flexibility index (Phi) is 5.75. The van der Waals surface area contributed by atoms with Crippen molar-refractivity contribution in [3.8, 4) is 0 Å². The molecule has 0 heterocycles. The van der Waals surface area contributed by atoms with E-state index in [0.717, 1.165) is 12.1 Å². The van der Waals surface area contributed by atoms with Crippen LogP contribution in [0.5, 0.6) is 0 Å². The van der Waals surface area contributed by atoms with E-state index in [-0.39, 0.29) is 44.6 Å². The second-order valence-electron chi connectivity index (χ2n) is 2.15. The van der Waals surface area contributed by atoms with E-state index in [2.05, 4.69) is 0 Å². The Balaban J connectivity index is 0.00000169. The Morgan fingerprint density at radius 3 is 1.86 bits per heavy atom. The molecule has 14 heavy (non-hydrogen) atoms. The molecule has 0 saturated heterocycles.